The van der Waals surface area contributed by atoms with E-state index in [1.165, 1.54) is 0 Å². The minimum atomic E-state index is 0.265. The van der Waals surface area contributed by atoms with Gasteiger partial charge in [0.1, 0.15) is 5.82 Å². The molecule has 0 atom stereocenters. The number of hydrogen-bond donors (Lipinski definition) is 1. The molecule has 1 aliphatic rings. The Morgan fingerprint density at radius 2 is 2.12 bits per heavy atom. The zero-order valence-corrected chi connectivity index (χ0v) is 13.9. The van der Waals surface area contributed by atoms with Crippen LogP contribution in [0.3, 0.4) is 0 Å². The van der Waals surface area contributed by atoms with Crippen LogP contribution in [0.2, 0.25) is 0 Å². The Morgan fingerprint density at radius 3 is 3.04 bits per heavy atom. The van der Waals surface area contributed by atoms with E-state index in [1.54, 1.807) is 15.9 Å². The van der Waals surface area contributed by atoms with Gasteiger partial charge in [0, 0.05) is 23.1 Å². The zero-order valence-electron chi connectivity index (χ0n) is 13.0. The van der Waals surface area contributed by atoms with Crippen LogP contribution in [0.5, 0.6) is 11.5 Å². The van der Waals surface area contributed by atoms with Crippen molar-refractivity contribution in [2.24, 2.45) is 0 Å². The summed E-state index contributed by atoms with van der Waals surface area (Å²) in [6.07, 6.45) is 0. The molecule has 4 aromatic rings. The van der Waals surface area contributed by atoms with Crippen LogP contribution in [-0.2, 0) is 6.54 Å². The quantitative estimate of drug-likeness (QED) is 0.609. The molecule has 1 aromatic carbocycles. The first-order chi connectivity index (χ1) is 12.4. The highest BCUT2D eigenvalue weighted by Crippen LogP contribution is 2.35. The van der Waals surface area contributed by atoms with Crippen LogP contribution in [-0.4, -0.2) is 26.6 Å². The summed E-state index contributed by atoms with van der Waals surface area (Å²) in [5.41, 5.74) is 2.75. The van der Waals surface area contributed by atoms with Crippen LogP contribution in [0.25, 0.3) is 17.0 Å². The number of benzene rings is 1. The van der Waals surface area contributed by atoms with E-state index in [1.807, 2.05) is 47.2 Å². The van der Waals surface area contributed by atoms with Crippen molar-refractivity contribution in [3.05, 3.63) is 52.7 Å². The van der Waals surface area contributed by atoms with Crippen LogP contribution >= 0.6 is 11.3 Å². The molecule has 7 nitrogen and oxygen atoms in total. The number of rotatable bonds is 4. The lowest BCUT2D eigenvalue weighted by Gasteiger charge is -2.08. The summed E-state index contributed by atoms with van der Waals surface area (Å²) in [5.74, 6) is 3.04. The Kier molecular flexibility index (Phi) is 3.27. The molecule has 124 valence electrons. The molecule has 0 fully saturated rings. The first-order valence-corrected chi connectivity index (χ1v) is 8.69. The average Bonchev–Trinajstić information content (AvgIpc) is 3.38. The predicted molar refractivity (Wildman–Crippen MR) is 94.0 cm³/mol. The number of fused-ring (bicyclic) bond motifs is 2. The minimum absolute atomic E-state index is 0.265. The summed E-state index contributed by atoms with van der Waals surface area (Å²) in [4.78, 5) is 0. The molecule has 0 saturated carbocycles. The van der Waals surface area contributed by atoms with Crippen molar-refractivity contribution in [3.8, 4) is 22.9 Å². The summed E-state index contributed by atoms with van der Waals surface area (Å²) in [6.45, 7) is 0.849. The third-order valence-electron chi connectivity index (χ3n) is 3.98. The Balaban J connectivity index is 1.44. The van der Waals surface area contributed by atoms with Gasteiger partial charge in [-0.2, -0.15) is 15.9 Å². The fourth-order valence-electron chi connectivity index (χ4n) is 2.77. The van der Waals surface area contributed by atoms with Gasteiger partial charge in [0.2, 0.25) is 6.79 Å². The van der Waals surface area contributed by atoms with E-state index in [0.717, 1.165) is 34.3 Å². The van der Waals surface area contributed by atoms with Gasteiger partial charge in [0.05, 0.1) is 0 Å². The van der Waals surface area contributed by atoms with Crippen molar-refractivity contribution in [1.29, 1.82) is 0 Å². The average molecular weight is 351 g/mol. The Labute approximate surface area is 146 Å². The summed E-state index contributed by atoms with van der Waals surface area (Å²) >= 11 is 1.62. The van der Waals surface area contributed by atoms with Crippen molar-refractivity contribution >= 4 is 22.8 Å². The molecule has 0 bridgehead atoms. The largest absolute Gasteiger partial charge is 0.454 e. The third kappa shape index (κ3) is 2.47. The van der Waals surface area contributed by atoms with E-state index in [0.29, 0.717) is 12.2 Å². The van der Waals surface area contributed by atoms with Gasteiger partial charge in [-0.25, -0.2) is 0 Å². The normalized spacial score (nSPS) is 12.6. The number of thiophene rings is 1. The lowest BCUT2D eigenvalue weighted by atomic mass is 10.2. The second-order valence-corrected chi connectivity index (χ2v) is 6.31. The number of nitrogens with one attached hydrogen (secondary N) is 1. The van der Waals surface area contributed by atoms with E-state index >= 15 is 0 Å². The van der Waals surface area contributed by atoms with Crippen LogP contribution in [0.4, 0.5) is 5.82 Å². The molecule has 8 heteroatoms. The van der Waals surface area contributed by atoms with Crippen molar-refractivity contribution in [1.82, 2.24) is 19.8 Å². The lowest BCUT2D eigenvalue weighted by molar-refractivity contribution is 0.173. The molecule has 0 amide bonds. The second kappa shape index (κ2) is 5.75. The Morgan fingerprint density at radius 1 is 1.12 bits per heavy atom. The van der Waals surface area contributed by atoms with E-state index in [9.17, 15) is 0 Å². The summed E-state index contributed by atoms with van der Waals surface area (Å²) in [5, 5.41) is 20.4. The van der Waals surface area contributed by atoms with Crippen LogP contribution < -0.4 is 14.8 Å². The molecule has 4 heterocycles. The van der Waals surface area contributed by atoms with Crippen molar-refractivity contribution < 1.29 is 9.47 Å². The number of hydrogen-bond acceptors (Lipinski definition) is 7. The van der Waals surface area contributed by atoms with Gasteiger partial charge in [-0.15, -0.1) is 15.3 Å². The molecular weight excluding hydrogens is 338 g/mol. The van der Waals surface area contributed by atoms with Crippen LogP contribution in [0, 0.1) is 0 Å². The summed E-state index contributed by atoms with van der Waals surface area (Å²) < 4.78 is 12.7. The van der Waals surface area contributed by atoms with Gasteiger partial charge in [0.15, 0.2) is 23.0 Å². The van der Waals surface area contributed by atoms with Crippen LogP contribution in [0.1, 0.15) is 5.56 Å². The van der Waals surface area contributed by atoms with Crippen LogP contribution in [0.15, 0.2) is 47.2 Å². The van der Waals surface area contributed by atoms with Gasteiger partial charge in [-0.05, 0) is 29.6 Å². The maximum Gasteiger partial charge on any atom is 0.231 e. The van der Waals surface area contributed by atoms with Gasteiger partial charge in [-0.3, -0.25) is 0 Å². The summed E-state index contributed by atoms with van der Waals surface area (Å²) in [6, 6.07) is 11.7. The topological polar surface area (TPSA) is 73.6 Å². The lowest BCUT2D eigenvalue weighted by Crippen LogP contribution is -2.05. The van der Waals surface area contributed by atoms with Crippen molar-refractivity contribution in [2.75, 3.05) is 12.1 Å². The zero-order chi connectivity index (χ0) is 16.6. The van der Waals surface area contributed by atoms with Crippen molar-refractivity contribution in [3.63, 3.8) is 0 Å². The molecule has 0 saturated heterocycles. The number of nitrogens with zero attached hydrogens (tertiary/aromatic N) is 4. The monoisotopic (exact) mass is 351 g/mol. The number of para-hydroxylation sites is 1. The van der Waals surface area contributed by atoms with Gasteiger partial charge in [0.25, 0.3) is 0 Å². The second-order valence-electron chi connectivity index (χ2n) is 5.53. The first kappa shape index (κ1) is 14.2. The van der Waals surface area contributed by atoms with E-state index < -0.39 is 0 Å². The highest BCUT2D eigenvalue weighted by Gasteiger charge is 2.17. The van der Waals surface area contributed by atoms with Gasteiger partial charge < -0.3 is 14.8 Å². The maximum atomic E-state index is 5.54. The smallest absolute Gasteiger partial charge is 0.231 e. The van der Waals surface area contributed by atoms with E-state index in [4.69, 9.17) is 9.47 Å². The Hall–Kier alpha value is -3.13. The molecule has 5 rings (SSSR count). The SMILES string of the molecule is c1cc(CNc2ccc3nnc(-c4ccsc4)n3n2)c2c(c1)OCO2. The van der Waals surface area contributed by atoms with Gasteiger partial charge >= 0.3 is 0 Å². The third-order valence-corrected chi connectivity index (χ3v) is 4.66. The molecule has 0 radical (unpaired) electrons. The number of aromatic nitrogens is 4. The minimum Gasteiger partial charge on any atom is -0.454 e. The maximum absolute atomic E-state index is 5.54. The molecule has 3 aromatic heterocycles. The van der Waals surface area contributed by atoms with E-state index in [2.05, 4.69) is 20.6 Å². The molecule has 0 unspecified atom stereocenters. The van der Waals surface area contributed by atoms with Crippen molar-refractivity contribution in [2.45, 2.75) is 6.54 Å². The molecular formula is C17H13N5O2S. The fraction of sp³-hybridized carbons (Fsp3) is 0.118. The summed E-state index contributed by atoms with van der Waals surface area (Å²) in [7, 11) is 0. The highest BCUT2D eigenvalue weighted by molar-refractivity contribution is 7.08. The van der Waals surface area contributed by atoms with E-state index in [-0.39, 0.29) is 6.79 Å². The van der Waals surface area contributed by atoms with Gasteiger partial charge in [-0.1, -0.05) is 12.1 Å². The number of ether oxygens (including phenoxy) is 2. The predicted octanol–water partition coefficient (Wildman–Crippen LogP) is 3.19. The standard InChI is InChI=1S/C17H13N5O2S/c1-2-11(16-13(3-1)23-10-24-16)8-18-14-4-5-15-19-20-17(22(15)21-14)12-6-7-25-9-12/h1-7,9H,8,10H2,(H,18,21). The highest BCUT2D eigenvalue weighted by atomic mass is 32.1. The Bertz CT molecular complexity index is 1040. The molecule has 25 heavy (non-hydrogen) atoms. The first-order valence-electron chi connectivity index (χ1n) is 7.75. The molecule has 1 aliphatic heterocycles. The number of anilines is 1. The fourth-order valence-corrected chi connectivity index (χ4v) is 3.40. The molecule has 1 N–H and O–H groups in total. The molecule has 0 aliphatic carbocycles. The molecule has 0 spiro atoms.